The third-order valence-electron chi connectivity index (χ3n) is 1.69. The highest BCUT2D eigenvalue weighted by Crippen LogP contribution is 2.22. The number of carbonyl (C=O) groups excluding carboxylic acids is 1. The van der Waals surface area contributed by atoms with E-state index in [2.05, 4.69) is 22.6 Å². The van der Waals surface area contributed by atoms with Gasteiger partial charge in [-0.25, -0.2) is 0 Å². The molecule has 64 valence electrons. The SMILES string of the molecule is CC(=O)c1cc(I)cc(Cl)c1C. The molecular formula is C9H8ClIO. The molecule has 0 aromatic heterocycles. The molecule has 1 aromatic rings. The van der Waals surface area contributed by atoms with Crippen molar-refractivity contribution < 1.29 is 4.79 Å². The first kappa shape index (κ1) is 9.99. The van der Waals surface area contributed by atoms with E-state index in [0.717, 1.165) is 9.13 Å². The zero-order valence-corrected chi connectivity index (χ0v) is 9.73. The van der Waals surface area contributed by atoms with Gasteiger partial charge in [0.05, 0.1) is 0 Å². The van der Waals surface area contributed by atoms with Crippen LogP contribution in [0, 0.1) is 10.5 Å². The van der Waals surface area contributed by atoms with Crippen molar-refractivity contribution in [3.05, 3.63) is 31.9 Å². The van der Waals surface area contributed by atoms with E-state index in [1.54, 1.807) is 6.92 Å². The minimum absolute atomic E-state index is 0.0629. The van der Waals surface area contributed by atoms with Gasteiger partial charge in [-0.1, -0.05) is 11.6 Å². The Morgan fingerprint density at radius 3 is 2.58 bits per heavy atom. The van der Waals surface area contributed by atoms with E-state index in [4.69, 9.17) is 11.6 Å². The molecule has 0 radical (unpaired) electrons. The van der Waals surface area contributed by atoms with Gasteiger partial charge in [0, 0.05) is 14.2 Å². The van der Waals surface area contributed by atoms with Gasteiger partial charge in [0.2, 0.25) is 0 Å². The minimum Gasteiger partial charge on any atom is -0.294 e. The van der Waals surface area contributed by atoms with Gasteiger partial charge in [0.1, 0.15) is 0 Å². The van der Waals surface area contributed by atoms with Crippen LogP contribution in [0.4, 0.5) is 0 Å². The van der Waals surface area contributed by atoms with E-state index < -0.39 is 0 Å². The molecule has 0 aliphatic heterocycles. The summed E-state index contributed by atoms with van der Waals surface area (Å²) in [5.41, 5.74) is 1.58. The summed E-state index contributed by atoms with van der Waals surface area (Å²) in [5.74, 6) is 0.0629. The molecule has 0 aliphatic rings. The number of Topliss-reactive ketones (excluding diaryl/α,β-unsaturated/α-hetero) is 1. The number of rotatable bonds is 1. The van der Waals surface area contributed by atoms with Crippen LogP contribution in [0.15, 0.2) is 12.1 Å². The predicted octanol–water partition coefficient (Wildman–Crippen LogP) is 3.46. The number of hydrogen-bond donors (Lipinski definition) is 0. The average molecular weight is 295 g/mol. The molecule has 0 N–H and O–H groups in total. The van der Waals surface area contributed by atoms with E-state index in [-0.39, 0.29) is 5.78 Å². The summed E-state index contributed by atoms with van der Waals surface area (Å²) < 4.78 is 0.994. The third-order valence-corrected chi connectivity index (χ3v) is 2.70. The normalized spacial score (nSPS) is 10.0. The average Bonchev–Trinajstić information content (AvgIpc) is 1.96. The second kappa shape index (κ2) is 3.75. The summed E-state index contributed by atoms with van der Waals surface area (Å²) in [4.78, 5) is 11.1. The van der Waals surface area contributed by atoms with Crippen molar-refractivity contribution in [2.75, 3.05) is 0 Å². The molecule has 0 spiro atoms. The monoisotopic (exact) mass is 294 g/mol. The van der Waals surface area contributed by atoms with Crippen LogP contribution in [0.1, 0.15) is 22.8 Å². The van der Waals surface area contributed by atoms with Crippen molar-refractivity contribution in [3.63, 3.8) is 0 Å². The van der Waals surface area contributed by atoms with Gasteiger partial charge in [-0.05, 0) is 54.1 Å². The quantitative estimate of drug-likeness (QED) is 0.573. The summed E-state index contributed by atoms with van der Waals surface area (Å²) in [7, 11) is 0. The molecule has 0 fully saturated rings. The lowest BCUT2D eigenvalue weighted by molar-refractivity contribution is 0.101. The van der Waals surface area contributed by atoms with Crippen molar-refractivity contribution in [2.24, 2.45) is 0 Å². The zero-order valence-electron chi connectivity index (χ0n) is 6.82. The standard InChI is InChI=1S/C9H8ClIO/c1-5-8(6(2)12)3-7(11)4-9(5)10/h3-4H,1-2H3. The van der Waals surface area contributed by atoms with Crippen LogP contribution in [0.3, 0.4) is 0 Å². The number of carbonyl (C=O) groups is 1. The van der Waals surface area contributed by atoms with Gasteiger partial charge in [0.15, 0.2) is 5.78 Å². The van der Waals surface area contributed by atoms with Gasteiger partial charge >= 0.3 is 0 Å². The molecule has 0 aliphatic carbocycles. The van der Waals surface area contributed by atoms with Gasteiger partial charge in [-0.15, -0.1) is 0 Å². The van der Waals surface area contributed by atoms with Gasteiger partial charge in [0.25, 0.3) is 0 Å². The van der Waals surface area contributed by atoms with Crippen molar-refractivity contribution >= 4 is 40.0 Å². The second-order valence-electron chi connectivity index (χ2n) is 2.62. The lowest BCUT2D eigenvalue weighted by atomic mass is 10.1. The van der Waals surface area contributed by atoms with Crippen LogP contribution in [0.5, 0.6) is 0 Å². The number of hydrogen-bond acceptors (Lipinski definition) is 1. The van der Waals surface area contributed by atoms with Crippen molar-refractivity contribution in [1.29, 1.82) is 0 Å². The van der Waals surface area contributed by atoms with Crippen LogP contribution in [-0.2, 0) is 0 Å². The summed E-state index contributed by atoms with van der Waals surface area (Å²) in [6.07, 6.45) is 0. The first-order chi connectivity index (χ1) is 5.52. The fourth-order valence-corrected chi connectivity index (χ4v) is 2.04. The molecular weight excluding hydrogens is 286 g/mol. The largest absolute Gasteiger partial charge is 0.294 e. The Labute approximate surface area is 90.3 Å². The molecule has 0 atom stereocenters. The van der Waals surface area contributed by atoms with Gasteiger partial charge in [-0.3, -0.25) is 4.79 Å². The lowest BCUT2D eigenvalue weighted by Crippen LogP contribution is -1.97. The Hall–Kier alpha value is -0.0900. The number of halogens is 2. The second-order valence-corrected chi connectivity index (χ2v) is 4.27. The van der Waals surface area contributed by atoms with Gasteiger partial charge < -0.3 is 0 Å². The predicted molar refractivity (Wildman–Crippen MR) is 58.9 cm³/mol. The first-order valence-corrected chi connectivity index (χ1v) is 4.94. The molecule has 12 heavy (non-hydrogen) atoms. The topological polar surface area (TPSA) is 17.1 Å². The molecule has 1 nitrogen and oxygen atoms in total. The Kier molecular flexibility index (Phi) is 3.12. The van der Waals surface area contributed by atoms with E-state index in [1.807, 2.05) is 19.1 Å². The maximum absolute atomic E-state index is 11.1. The molecule has 1 rings (SSSR count). The van der Waals surface area contributed by atoms with Crippen LogP contribution in [-0.4, -0.2) is 5.78 Å². The fraction of sp³-hybridized carbons (Fsp3) is 0.222. The minimum atomic E-state index is 0.0629. The van der Waals surface area contributed by atoms with E-state index in [0.29, 0.717) is 10.6 Å². The molecule has 0 saturated heterocycles. The summed E-state index contributed by atoms with van der Waals surface area (Å²) >= 11 is 8.05. The molecule has 3 heteroatoms. The highest BCUT2D eigenvalue weighted by Gasteiger charge is 2.07. The van der Waals surface area contributed by atoms with Crippen molar-refractivity contribution in [2.45, 2.75) is 13.8 Å². The van der Waals surface area contributed by atoms with Gasteiger partial charge in [-0.2, -0.15) is 0 Å². The summed E-state index contributed by atoms with van der Waals surface area (Å²) in [6.45, 7) is 3.41. The first-order valence-electron chi connectivity index (χ1n) is 3.49. The molecule has 0 unspecified atom stereocenters. The molecule has 0 bridgehead atoms. The number of benzene rings is 1. The zero-order chi connectivity index (χ0) is 9.30. The maximum atomic E-state index is 11.1. The lowest BCUT2D eigenvalue weighted by Gasteiger charge is -2.04. The summed E-state index contributed by atoms with van der Waals surface area (Å²) in [6, 6.07) is 3.70. The Balaban J connectivity index is 3.37. The highest BCUT2D eigenvalue weighted by atomic mass is 127. The van der Waals surface area contributed by atoms with Crippen LogP contribution >= 0.6 is 34.2 Å². The molecule has 0 heterocycles. The van der Waals surface area contributed by atoms with E-state index >= 15 is 0 Å². The molecule has 1 aromatic carbocycles. The Morgan fingerprint density at radius 2 is 2.08 bits per heavy atom. The smallest absolute Gasteiger partial charge is 0.160 e. The van der Waals surface area contributed by atoms with Crippen molar-refractivity contribution in [1.82, 2.24) is 0 Å². The number of ketones is 1. The Bertz CT molecular complexity index is 334. The maximum Gasteiger partial charge on any atom is 0.160 e. The fourth-order valence-electron chi connectivity index (χ4n) is 1.01. The molecule has 0 amide bonds. The van der Waals surface area contributed by atoms with Crippen molar-refractivity contribution in [3.8, 4) is 0 Å². The van der Waals surface area contributed by atoms with Crippen LogP contribution < -0.4 is 0 Å². The van der Waals surface area contributed by atoms with E-state index in [1.165, 1.54) is 0 Å². The third kappa shape index (κ3) is 1.98. The molecule has 0 saturated carbocycles. The van der Waals surface area contributed by atoms with Crippen LogP contribution in [0.2, 0.25) is 5.02 Å². The summed E-state index contributed by atoms with van der Waals surface area (Å²) in [5, 5.41) is 0.659. The van der Waals surface area contributed by atoms with E-state index in [9.17, 15) is 4.79 Å². The van der Waals surface area contributed by atoms with Crippen LogP contribution in [0.25, 0.3) is 0 Å². The Morgan fingerprint density at radius 1 is 1.50 bits per heavy atom. The highest BCUT2D eigenvalue weighted by molar-refractivity contribution is 14.1.